The molecule has 25 heavy (non-hydrogen) atoms. The first kappa shape index (κ1) is 19.5. The van der Waals surface area contributed by atoms with Gasteiger partial charge in [-0.05, 0) is 18.1 Å². The number of para-hydroxylation sites is 1. The van der Waals surface area contributed by atoms with Crippen LogP contribution in [0.5, 0.6) is 5.75 Å². The van der Waals surface area contributed by atoms with Gasteiger partial charge in [0.1, 0.15) is 5.75 Å². The molecule has 0 fully saturated rings. The summed E-state index contributed by atoms with van der Waals surface area (Å²) in [6.45, 7) is 3.00. The van der Waals surface area contributed by atoms with Gasteiger partial charge in [-0.25, -0.2) is 0 Å². The Labute approximate surface area is 152 Å². The zero-order chi connectivity index (χ0) is 17.7. The van der Waals surface area contributed by atoms with Crippen molar-refractivity contribution in [3.8, 4) is 5.75 Å². The van der Waals surface area contributed by atoms with Crippen LogP contribution in [0.25, 0.3) is 0 Å². The predicted octanol–water partition coefficient (Wildman–Crippen LogP) is 6.44. The van der Waals surface area contributed by atoms with E-state index >= 15 is 0 Å². The summed E-state index contributed by atoms with van der Waals surface area (Å²) in [5.74, 6) is 0.322. The van der Waals surface area contributed by atoms with Gasteiger partial charge in [-0.2, -0.15) is 0 Å². The van der Waals surface area contributed by atoms with Crippen LogP contribution in [-0.2, 0) is 11.2 Å². The molecule has 0 saturated heterocycles. The molecule has 2 heteroatoms. The number of ether oxygens (including phenoxy) is 1. The summed E-state index contributed by atoms with van der Waals surface area (Å²) in [7, 11) is 0. The monoisotopic (exact) mass is 340 g/mol. The van der Waals surface area contributed by atoms with E-state index in [1.54, 1.807) is 6.07 Å². The summed E-state index contributed by atoms with van der Waals surface area (Å²) in [5, 5.41) is 10.2. The predicted molar refractivity (Wildman–Crippen MR) is 105 cm³/mol. The van der Waals surface area contributed by atoms with Crippen molar-refractivity contribution in [2.24, 2.45) is 0 Å². The summed E-state index contributed by atoms with van der Waals surface area (Å²) in [6.07, 6.45) is 9.63. The largest absolute Gasteiger partial charge is 0.508 e. The van der Waals surface area contributed by atoms with Crippen LogP contribution in [0.15, 0.2) is 54.6 Å². The Morgan fingerprint density at radius 2 is 1.44 bits per heavy atom. The molecule has 0 radical (unpaired) electrons. The Hall–Kier alpha value is -1.80. The third-order valence-electron chi connectivity index (χ3n) is 4.61. The molecular weight excluding hydrogens is 308 g/mol. The Kier molecular flexibility index (Phi) is 9.14. The highest BCUT2D eigenvalue weighted by Gasteiger charge is 2.16. The Balaban J connectivity index is 1.84. The molecule has 2 nitrogen and oxygen atoms in total. The van der Waals surface area contributed by atoms with Crippen molar-refractivity contribution in [1.29, 1.82) is 0 Å². The lowest BCUT2D eigenvalue weighted by Crippen LogP contribution is -2.09. The molecule has 1 atom stereocenters. The number of aromatic hydroxyl groups is 1. The standard InChI is InChI=1S/C23H32O2/c1-2-3-4-5-6-7-13-18-25-23(19-20-14-9-8-10-15-20)21-16-11-12-17-22(21)24/h8-12,14-17,23-24H,2-7,13,18-19H2,1H3. The maximum Gasteiger partial charge on any atom is 0.121 e. The van der Waals surface area contributed by atoms with Gasteiger partial charge in [0.2, 0.25) is 0 Å². The number of benzene rings is 2. The van der Waals surface area contributed by atoms with Crippen molar-refractivity contribution in [3.05, 3.63) is 65.7 Å². The molecule has 0 aliphatic rings. The maximum absolute atomic E-state index is 10.2. The van der Waals surface area contributed by atoms with Crippen molar-refractivity contribution in [2.45, 2.75) is 64.4 Å². The molecule has 2 aromatic carbocycles. The second-order valence-electron chi connectivity index (χ2n) is 6.73. The average molecular weight is 341 g/mol. The van der Waals surface area contributed by atoms with Gasteiger partial charge in [-0.1, -0.05) is 94.0 Å². The zero-order valence-electron chi connectivity index (χ0n) is 15.5. The summed E-state index contributed by atoms with van der Waals surface area (Å²) < 4.78 is 6.18. The smallest absolute Gasteiger partial charge is 0.121 e. The minimum Gasteiger partial charge on any atom is -0.508 e. The van der Waals surface area contributed by atoms with Crippen LogP contribution in [0.2, 0.25) is 0 Å². The van der Waals surface area contributed by atoms with Crippen molar-refractivity contribution in [1.82, 2.24) is 0 Å². The van der Waals surface area contributed by atoms with E-state index in [-0.39, 0.29) is 6.10 Å². The Bertz CT molecular complexity index is 580. The van der Waals surface area contributed by atoms with E-state index in [1.165, 1.54) is 44.1 Å². The van der Waals surface area contributed by atoms with Gasteiger partial charge in [-0.15, -0.1) is 0 Å². The fourth-order valence-corrected chi connectivity index (χ4v) is 3.13. The normalized spacial score (nSPS) is 12.2. The van der Waals surface area contributed by atoms with Crippen LogP contribution in [-0.4, -0.2) is 11.7 Å². The first-order chi connectivity index (χ1) is 12.3. The van der Waals surface area contributed by atoms with Gasteiger partial charge in [-0.3, -0.25) is 0 Å². The minimum atomic E-state index is -0.0938. The second kappa shape index (κ2) is 11.7. The molecule has 1 unspecified atom stereocenters. The lowest BCUT2D eigenvalue weighted by molar-refractivity contribution is 0.0485. The number of hydrogen-bond acceptors (Lipinski definition) is 2. The molecule has 136 valence electrons. The van der Waals surface area contributed by atoms with Crippen LogP contribution < -0.4 is 0 Å². The van der Waals surface area contributed by atoms with Crippen molar-refractivity contribution in [3.63, 3.8) is 0 Å². The molecule has 0 aliphatic carbocycles. The highest BCUT2D eigenvalue weighted by molar-refractivity contribution is 5.35. The number of hydrogen-bond donors (Lipinski definition) is 1. The minimum absolute atomic E-state index is 0.0938. The maximum atomic E-state index is 10.2. The number of rotatable bonds is 12. The van der Waals surface area contributed by atoms with Crippen molar-refractivity contribution in [2.75, 3.05) is 6.61 Å². The summed E-state index contributed by atoms with van der Waals surface area (Å²) in [4.78, 5) is 0. The van der Waals surface area contributed by atoms with Crippen LogP contribution >= 0.6 is 0 Å². The lowest BCUT2D eigenvalue weighted by atomic mass is 10.0. The van der Waals surface area contributed by atoms with Crippen LogP contribution in [0.3, 0.4) is 0 Å². The third kappa shape index (κ3) is 7.31. The molecule has 0 heterocycles. The number of phenolic OH excluding ortho intramolecular Hbond substituents is 1. The van der Waals surface area contributed by atoms with Gasteiger partial charge in [0.05, 0.1) is 6.10 Å². The van der Waals surface area contributed by atoms with E-state index < -0.39 is 0 Å². The van der Waals surface area contributed by atoms with Crippen LogP contribution in [0.1, 0.15) is 69.1 Å². The van der Waals surface area contributed by atoms with Gasteiger partial charge in [0.25, 0.3) is 0 Å². The average Bonchev–Trinajstić information content (AvgIpc) is 2.64. The van der Waals surface area contributed by atoms with E-state index in [4.69, 9.17) is 4.74 Å². The first-order valence-electron chi connectivity index (χ1n) is 9.74. The van der Waals surface area contributed by atoms with Crippen LogP contribution in [0.4, 0.5) is 0 Å². The quantitative estimate of drug-likeness (QED) is 0.450. The van der Waals surface area contributed by atoms with E-state index in [0.29, 0.717) is 5.75 Å². The fraction of sp³-hybridized carbons (Fsp3) is 0.478. The Morgan fingerprint density at radius 3 is 2.16 bits per heavy atom. The van der Waals surface area contributed by atoms with E-state index in [2.05, 4.69) is 19.1 Å². The van der Waals surface area contributed by atoms with E-state index in [0.717, 1.165) is 25.0 Å². The van der Waals surface area contributed by atoms with Crippen LogP contribution in [0, 0.1) is 0 Å². The second-order valence-corrected chi connectivity index (χ2v) is 6.73. The van der Waals surface area contributed by atoms with Gasteiger partial charge in [0, 0.05) is 18.6 Å². The van der Waals surface area contributed by atoms with Gasteiger partial charge in [0.15, 0.2) is 0 Å². The first-order valence-corrected chi connectivity index (χ1v) is 9.74. The molecule has 0 spiro atoms. The molecule has 0 saturated carbocycles. The van der Waals surface area contributed by atoms with E-state index in [9.17, 15) is 5.11 Å². The molecule has 0 amide bonds. The fourth-order valence-electron chi connectivity index (χ4n) is 3.13. The van der Waals surface area contributed by atoms with Crippen molar-refractivity contribution < 1.29 is 9.84 Å². The number of unbranched alkanes of at least 4 members (excludes halogenated alkanes) is 6. The summed E-state index contributed by atoms with van der Waals surface area (Å²) >= 11 is 0. The molecule has 2 aromatic rings. The third-order valence-corrected chi connectivity index (χ3v) is 4.61. The Morgan fingerprint density at radius 1 is 0.800 bits per heavy atom. The topological polar surface area (TPSA) is 29.5 Å². The molecule has 2 rings (SSSR count). The van der Waals surface area contributed by atoms with Gasteiger partial charge >= 0.3 is 0 Å². The summed E-state index contributed by atoms with van der Waals surface area (Å²) in [5.41, 5.74) is 2.12. The molecule has 0 aliphatic heterocycles. The molecule has 0 aromatic heterocycles. The SMILES string of the molecule is CCCCCCCCCOC(Cc1ccccc1)c1ccccc1O. The summed E-state index contributed by atoms with van der Waals surface area (Å²) in [6, 6.07) is 17.9. The molecule has 0 bridgehead atoms. The van der Waals surface area contributed by atoms with Gasteiger partial charge < -0.3 is 9.84 Å². The highest BCUT2D eigenvalue weighted by atomic mass is 16.5. The van der Waals surface area contributed by atoms with Crippen molar-refractivity contribution >= 4 is 0 Å². The molecule has 1 N–H and O–H groups in total. The number of phenols is 1. The van der Waals surface area contributed by atoms with E-state index in [1.807, 2.05) is 36.4 Å². The lowest BCUT2D eigenvalue weighted by Gasteiger charge is -2.19. The highest BCUT2D eigenvalue weighted by Crippen LogP contribution is 2.29. The molecular formula is C23H32O2. The zero-order valence-corrected chi connectivity index (χ0v) is 15.5.